The van der Waals surface area contributed by atoms with Gasteiger partial charge in [-0.2, -0.15) is 0 Å². The molecule has 4 heteroatoms. The summed E-state index contributed by atoms with van der Waals surface area (Å²) in [6.07, 6.45) is 2.68. The fourth-order valence-electron chi connectivity index (χ4n) is 2.15. The van der Waals surface area contributed by atoms with Crippen LogP contribution in [0.1, 0.15) is 19.8 Å². The summed E-state index contributed by atoms with van der Waals surface area (Å²) < 4.78 is 5.54. The smallest absolute Gasteiger partial charge is 0.195 e. The molecule has 1 aliphatic heterocycles. The monoisotopic (exact) mass is 227 g/mol. The zero-order valence-corrected chi connectivity index (χ0v) is 11.2. The molecule has 0 radical (unpaired) electrons. The lowest BCUT2D eigenvalue weighted by Gasteiger charge is -2.28. The van der Waals surface area contributed by atoms with Crippen molar-refractivity contribution in [3.63, 3.8) is 0 Å². The van der Waals surface area contributed by atoms with Gasteiger partial charge in [-0.15, -0.1) is 0 Å². The van der Waals surface area contributed by atoms with Crippen LogP contribution < -0.4 is 0 Å². The van der Waals surface area contributed by atoms with E-state index in [0.717, 1.165) is 32.0 Å². The Labute approximate surface area is 99.3 Å². The number of aliphatic imine (C=N–C) groups is 1. The Morgan fingerprint density at radius 1 is 1.25 bits per heavy atom. The van der Waals surface area contributed by atoms with E-state index in [4.69, 9.17) is 9.73 Å². The van der Waals surface area contributed by atoms with E-state index in [1.165, 1.54) is 0 Å². The average molecular weight is 227 g/mol. The highest BCUT2D eigenvalue weighted by Gasteiger charge is 2.19. The molecule has 1 heterocycles. The van der Waals surface area contributed by atoms with Crippen molar-refractivity contribution in [2.45, 2.75) is 25.9 Å². The van der Waals surface area contributed by atoms with Gasteiger partial charge in [-0.1, -0.05) is 0 Å². The Kier molecular flexibility index (Phi) is 5.06. The first-order valence-corrected chi connectivity index (χ1v) is 6.01. The molecule has 1 saturated heterocycles. The molecule has 0 N–H and O–H groups in total. The molecule has 0 aromatic rings. The van der Waals surface area contributed by atoms with Crippen molar-refractivity contribution in [2.24, 2.45) is 10.9 Å². The number of nitrogens with zero attached hydrogens (tertiary/aromatic N) is 3. The minimum atomic E-state index is 0.399. The molecule has 2 atom stereocenters. The summed E-state index contributed by atoms with van der Waals surface area (Å²) in [7, 11) is 8.13. The van der Waals surface area contributed by atoms with Crippen molar-refractivity contribution in [3.8, 4) is 0 Å². The van der Waals surface area contributed by atoms with Gasteiger partial charge in [0.15, 0.2) is 5.96 Å². The third-order valence-electron chi connectivity index (χ3n) is 2.88. The highest BCUT2D eigenvalue weighted by molar-refractivity contribution is 5.79. The second-order valence-electron chi connectivity index (χ2n) is 5.00. The average Bonchev–Trinajstić information content (AvgIpc) is 2.16. The highest BCUT2D eigenvalue weighted by Crippen LogP contribution is 2.20. The van der Waals surface area contributed by atoms with E-state index in [-0.39, 0.29) is 0 Å². The van der Waals surface area contributed by atoms with Crippen molar-refractivity contribution < 1.29 is 4.74 Å². The first kappa shape index (κ1) is 13.3. The standard InChI is InChI=1S/C12H25N3O/c1-10-8-11(6-7-16-10)9-13-12(14(2)3)15(4)5/h10-11H,6-9H2,1-5H3. The van der Waals surface area contributed by atoms with Crippen LogP contribution in [0.25, 0.3) is 0 Å². The van der Waals surface area contributed by atoms with Crippen molar-refractivity contribution in [2.75, 3.05) is 41.3 Å². The summed E-state index contributed by atoms with van der Waals surface area (Å²) in [5.41, 5.74) is 0. The van der Waals surface area contributed by atoms with Gasteiger partial charge in [0.25, 0.3) is 0 Å². The summed E-state index contributed by atoms with van der Waals surface area (Å²) in [6.45, 7) is 3.95. The third kappa shape index (κ3) is 4.00. The van der Waals surface area contributed by atoms with Crippen LogP contribution in [0.5, 0.6) is 0 Å². The summed E-state index contributed by atoms with van der Waals surface area (Å²) in [5.74, 6) is 1.72. The minimum absolute atomic E-state index is 0.399. The van der Waals surface area contributed by atoms with E-state index in [1.807, 2.05) is 28.2 Å². The molecule has 0 aromatic carbocycles. The Hall–Kier alpha value is -0.770. The second-order valence-corrected chi connectivity index (χ2v) is 5.00. The predicted molar refractivity (Wildman–Crippen MR) is 67.8 cm³/mol. The normalized spacial score (nSPS) is 25.1. The fourth-order valence-corrected chi connectivity index (χ4v) is 2.15. The molecule has 16 heavy (non-hydrogen) atoms. The maximum absolute atomic E-state index is 5.54. The fraction of sp³-hybridized carbons (Fsp3) is 0.917. The van der Waals surface area contributed by atoms with Gasteiger partial charge in [0, 0.05) is 41.3 Å². The number of guanidine groups is 1. The number of rotatable bonds is 2. The lowest BCUT2D eigenvalue weighted by atomic mass is 9.96. The molecule has 0 saturated carbocycles. The molecule has 2 unspecified atom stereocenters. The van der Waals surface area contributed by atoms with Gasteiger partial charge in [-0.05, 0) is 25.7 Å². The van der Waals surface area contributed by atoms with Gasteiger partial charge in [0.1, 0.15) is 0 Å². The van der Waals surface area contributed by atoms with Crippen LogP contribution in [-0.2, 0) is 4.74 Å². The predicted octanol–water partition coefficient (Wildman–Crippen LogP) is 1.28. The van der Waals surface area contributed by atoms with Crippen LogP contribution >= 0.6 is 0 Å². The van der Waals surface area contributed by atoms with Crippen molar-refractivity contribution in [3.05, 3.63) is 0 Å². The van der Waals surface area contributed by atoms with Crippen LogP contribution in [0.3, 0.4) is 0 Å². The first-order chi connectivity index (χ1) is 7.50. The molecule has 0 aliphatic carbocycles. The molecule has 0 amide bonds. The topological polar surface area (TPSA) is 28.1 Å². The molecule has 1 aliphatic rings. The van der Waals surface area contributed by atoms with E-state index in [9.17, 15) is 0 Å². The summed E-state index contributed by atoms with van der Waals surface area (Å²) in [6, 6.07) is 0. The molecule has 0 spiro atoms. The Balaban J connectivity index is 2.49. The number of hydrogen-bond acceptors (Lipinski definition) is 2. The SMILES string of the molecule is CC1CC(CN=C(N(C)C)N(C)C)CCO1. The molecule has 1 rings (SSSR count). The lowest BCUT2D eigenvalue weighted by molar-refractivity contribution is 0.00474. The van der Waals surface area contributed by atoms with Crippen LogP contribution in [0.4, 0.5) is 0 Å². The van der Waals surface area contributed by atoms with Crippen molar-refractivity contribution in [1.29, 1.82) is 0 Å². The van der Waals surface area contributed by atoms with E-state index in [2.05, 4.69) is 16.7 Å². The summed E-state index contributed by atoms with van der Waals surface area (Å²) in [5, 5.41) is 0. The minimum Gasteiger partial charge on any atom is -0.378 e. The van der Waals surface area contributed by atoms with Gasteiger partial charge in [0.05, 0.1) is 6.10 Å². The Morgan fingerprint density at radius 3 is 2.38 bits per heavy atom. The Bertz CT molecular complexity index is 228. The van der Waals surface area contributed by atoms with Gasteiger partial charge in [-0.3, -0.25) is 4.99 Å². The molecule has 94 valence electrons. The van der Waals surface area contributed by atoms with Crippen molar-refractivity contribution >= 4 is 5.96 Å². The van der Waals surface area contributed by atoms with Crippen LogP contribution in [0.2, 0.25) is 0 Å². The van der Waals surface area contributed by atoms with E-state index in [1.54, 1.807) is 0 Å². The van der Waals surface area contributed by atoms with Crippen LogP contribution in [-0.4, -0.2) is 63.2 Å². The van der Waals surface area contributed by atoms with E-state index >= 15 is 0 Å². The molecule has 1 fully saturated rings. The van der Waals surface area contributed by atoms with Crippen molar-refractivity contribution in [1.82, 2.24) is 9.80 Å². The maximum Gasteiger partial charge on any atom is 0.195 e. The number of hydrogen-bond donors (Lipinski definition) is 0. The zero-order chi connectivity index (χ0) is 12.1. The van der Waals surface area contributed by atoms with E-state index in [0.29, 0.717) is 12.0 Å². The molecule has 0 bridgehead atoms. The Morgan fingerprint density at radius 2 is 1.88 bits per heavy atom. The van der Waals surface area contributed by atoms with Gasteiger partial charge < -0.3 is 14.5 Å². The lowest BCUT2D eigenvalue weighted by Crippen LogP contribution is -2.36. The van der Waals surface area contributed by atoms with Gasteiger partial charge >= 0.3 is 0 Å². The van der Waals surface area contributed by atoms with Gasteiger partial charge in [0.2, 0.25) is 0 Å². The van der Waals surface area contributed by atoms with Gasteiger partial charge in [-0.25, -0.2) is 0 Å². The quantitative estimate of drug-likeness (QED) is 0.525. The molecule has 0 aromatic heterocycles. The molecular weight excluding hydrogens is 202 g/mol. The van der Waals surface area contributed by atoms with E-state index < -0.39 is 0 Å². The first-order valence-electron chi connectivity index (χ1n) is 6.01. The molecular formula is C12H25N3O. The largest absolute Gasteiger partial charge is 0.378 e. The summed E-state index contributed by atoms with van der Waals surface area (Å²) >= 11 is 0. The molecule has 4 nitrogen and oxygen atoms in total. The third-order valence-corrected chi connectivity index (χ3v) is 2.88. The maximum atomic E-state index is 5.54. The zero-order valence-electron chi connectivity index (χ0n) is 11.2. The number of ether oxygens (including phenoxy) is 1. The summed E-state index contributed by atoms with van der Waals surface area (Å²) in [4.78, 5) is 8.81. The van der Waals surface area contributed by atoms with Crippen LogP contribution in [0.15, 0.2) is 4.99 Å². The highest BCUT2D eigenvalue weighted by atomic mass is 16.5. The van der Waals surface area contributed by atoms with Crippen LogP contribution in [0, 0.1) is 5.92 Å². The second kappa shape index (κ2) is 6.09.